The highest BCUT2D eigenvalue weighted by Gasteiger charge is 2.22. The minimum absolute atomic E-state index is 0.0698. The number of nitrogens with zero attached hydrogens (tertiary/aromatic N) is 1. The van der Waals surface area contributed by atoms with E-state index in [1.165, 1.54) is 6.92 Å². The number of benzene rings is 1. The normalized spacial score (nSPS) is 14.6. The Labute approximate surface area is 127 Å². The third-order valence-electron chi connectivity index (χ3n) is 3.74. The van der Waals surface area contributed by atoms with Gasteiger partial charge in [-0.1, -0.05) is 0 Å². The Morgan fingerprint density at radius 2 is 2.23 bits per heavy atom. The minimum Gasteiger partial charge on any atom is -0.478 e. The largest absolute Gasteiger partial charge is 0.478 e. The Morgan fingerprint density at radius 1 is 1.41 bits per heavy atom. The number of carbonyl (C=O) groups is 1. The lowest BCUT2D eigenvalue weighted by Gasteiger charge is -2.28. The zero-order valence-electron chi connectivity index (χ0n) is 12.5. The second kappa shape index (κ2) is 5.90. The van der Waals surface area contributed by atoms with E-state index in [1.54, 1.807) is 19.2 Å². The molecule has 1 aromatic carbocycles. The highest BCUT2D eigenvalue weighted by molar-refractivity contribution is 5.97. The molecule has 0 unspecified atom stereocenters. The summed E-state index contributed by atoms with van der Waals surface area (Å²) in [6.45, 7) is 3.76. The van der Waals surface area contributed by atoms with Gasteiger partial charge in [-0.15, -0.1) is 0 Å². The molecule has 1 aromatic heterocycles. The van der Waals surface area contributed by atoms with Crippen LogP contribution in [0.15, 0.2) is 27.4 Å². The number of ketones is 1. The van der Waals surface area contributed by atoms with Crippen molar-refractivity contribution in [2.75, 3.05) is 27.0 Å². The van der Waals surface area contributed by atoms with Gasteiger partial charge in [0.15, 0.2) is 5.78 Å². The highest BCUT2D eigenvalue weighted by Crippen LogP contribution is 2.31. The number of methoxy groups -OCH3 is 1. The van der Waals surface area contributed by atoms with Crippen molar-refractivity contribution in [3.8, 4) is 5.75 Å². The molecule has 0 fully saturated rings. The van der Waals surface area contributed by atoms with Crippen LogP contribution < -0.4 is 10.4 Å². The molecule has 0 atom stereocenters. The summed E-state index contributed by atoms with van der Waals surface area (Å²) in [4.78, 5) is 25.5. The summed E-state index contributed by atoms with van der Waals surface area (Å²) in [5.74, 6) is 0.409. The Bertz CT molecular complexity index is 780. The zero-order valence-corrected chi connectivity index (χ0v) is 12.5. The van der Waals surface area contributed by atoms with Crippen LogP contribution >= 0.6 is 0 Å². The molecule has 0 saturated heterocycles. The summed E-state index contributed by atoms with van der Waals surface area (Å²) >= 11 is 0. The maximum Gasteiger partial charge on any atom is 0.347 e. The fourth-order valence-corrected chi connectivity index (χ4v) is 2.55. The van der Waals surface area contributed by atoms with Gasteiger partial charge >= 0.3 is 5.63 Å². The van der Waals surface area contributed by atoms with Crippen molar-refractivity contribution >= 4 is 16.8 Å². The quantitative estimate of drug-likeness (QED) is 0.633. The third-order valence-corrected chi connectivity index (χ3v) is 3.74. The summed E-state index contributed by atoms with van der Waals surface area (Å²) in [5.41, 5.74) is 0.768. The molecule has 3 rings (SSSR count). The predicted molar refractivity (Wildman–Crippen MR) is 80.3 cm³/mol. The molecule has 2 aromatic rings. The predicted octanol–water partition coefficient (Wildman–Crippen LogP) is 1.79. The van der Waals surface area contributed by atoms with Crippen LogP contribution in [-0.4, -0.2) is 37.7 Å². The van der Waals surface area contributed by atoms with Crippen LogP contribution in [-0.2, 0) is 11.3 Å². The second-order valence-corrected chi connectivity index (χ2v) is 5.28. The van der Waals surface area contributed by atoms with Crippen LogP contribution in [0.3, 0.4) is 0 Å². The van der Waals surface area contributed by atoms with E-state index in [2.05, 4.69) is 4.90 Å². The zero-order chi connectivity index (χ0) is 15.7. The van der Waals surface area contributed by atoms with Crippen LogP contribution in [0.2, 0.25) is 0 Å². The van der Waals surface area contributed by atoms with Gasteiger partial charge in [0.25, 0.3) is 0 Å². The first-order valence-corrected chi connectivity index (χ1v) is 7.05. The Balaban J connectivity index is 2.06. The summed E-state index contributed by atoms with van der Waals surface area (Å²) in [7, 11) is 1.65. The van der Waals surface area contributed by atoms with Gasteiger partial charge in [-0.05, 0) is 25.1 Å². The Kier molecular flexibility index (Phi) is 3.96. The molecule has 0 radical (unpaired) electrons. The molecule has 0 N–H and O–H groups in total. The van der Waals surface area contributed by atoms with Gasteiger partial charge < -0.3 is 13.9 Å². The average molecular weight is 303 g/mol. The van der Waals surface area contributed by atoms with Crippen LogP contribution in [0.5, 0.6) is 5.75 Å². The molecule has 0 saturated carbocycles. The number of hydrogen-bond acceptors (Lipinski definition) is 6. The van der Waals surface area contributed by atoms with Crippen LogP contribution in [0.25, 0.3) is 11.0 Å². The number of Topliss-reactive ketones (excluding diaryl/α,β-unsaturated/α-hetero) is 1. The molecular weight excluding hydrogens is 286 g/mol. The molecule has 0 bridgehead atoms. The van der Waals surface area contributed by atoms with E-state index < -0.39 is 5.63 Å². The van der Waals surface area contributed by atoms with Crippen molar-refractivity contribution in [1.82, 2.24) is 4.90 Å². The number of rotatable bonds is 4. The fourth-order valence-electron chi connectivity index (χ4n) is 2.55. The standard InChI is InChI=1S/C16H17NO5/c1-10(18)12-7-11-3-4-14-13(15(11)22-16(12)19)8-17(9-21-14)5-6-20-2/h3-4,7H,5-6,8-9H2,1-2H3. The van der Waals surface area contributed by atoms with Crippen molar-refractivity contribution in [2.24, 2.45) is 0 Å². The fraction of sp³-hybridized carbons (Fsp3) is 0.375. The van der Waals surface area contributed by atoms with Gasteiger partial charge in [-0.25, -0.2) is 4.79 Å². The van der Waals surface area contributed by atoms with E-state index in [-0.39, 0.29) is 11.3 Å². The average Bonchev–Trinajstić information content (AvgIpc) is 2.51. The molecule has 1 aliphatic heterocycles. The molecule has 2 heterocycles. The monoisotopic (exact) mass is 303 g/mol. The number of hydrogen-bond donors (Lipinski definition) is 0. The van der Waals surface area contributed by atoms with Crippen LogP contribution in [0, 0.1) is 0 Å². The highest BCUT2D eigenvalue weighted by atomic mass is 16.5. The molecule has 22 heavy (non-hydrogen) atoms. The van der Waals surface area contributed by atoms with Crippen molar-refractivity contribution in [1.29, 1.82) is 0 Å². The molecule has 116 valence electrons. The smallest absolute Gasteiger partial charge is 0.347 e. The van der Waals surface area contributed by atoms with E-state index >= 15 is 0 Å². The second-order valence-electron chi connectivity index (χ2n) is 5.28. The maximum absolute atomic E-state index is 12.0. The molecule has 0 spiro atoms. The third kappa shape index (κ3) is 2.63. The minimum atomic E-state index is -0.609. The Morgan fingerprint density at radius 3 is 2.95 bits per heavy atom. The summed E-state index contributed by atoms with van der Waals surface area (Å²) in [5, 5.41) is 0.723. The lowest BCUT2D eigenvalue weighted by molar-refractivity contribution is 0.0658. The van der Waals surface area contributed by atoms with E-state index in [1.807, 2.05) is 6.07 Å². The SMILES string of the molecule is COCCN1COc2ccc3cc(C(C)=O)c(=O)oc3c2C1. The van der Waals surface area contributed by atoms with Gasteiger partial charge in [0.05, 0.1) is 12.2 Å². The number of fused-ring (bicyclic) bond motifs is 3. The van der Waals surface area contributed by atoms with Crippen molar-refractivity contribution in [3.05, 3.63) is 39.7 Å². The molecular formula is C16H17NO5. The van der Waals surface area contributed by atoms with Crippen molar-refractivity contribution < 1.29 is 18.7 Å². The first-order chi connectivity index (χ1) is 10.6. The molecule has 6 heteroatoms. The summed E-state index contributed by atoms with van der Waals surface area (Å²) in [6, 6.07) is 5.22. The summed E-state index contributed by atoms with van der Waals surface area (Å²) < 4.78 is 16.2. The Hall–Kier alpha value is -2.18. The molecule has 6 nitrogen and oxygen atoms in total. The number of ether oxygens (including phenoxy) is 2. The molecule has 0 amide bonds. The summed E-state index contributed by atoms with van der Waals surface area (Å²) in [6.07, 6.45) is 0. The maximum atomic E-state index is 12.0. The van der Waals surface area contributed by atoms with Crippen LogP contribution in [0.1, 0.15) is 22.8 Å². The van der Waals surface area contributed by atoms with E-state index in [0.29, 0.717) is 31.2 Å². The number of carbonyl (C=O) groups excluding carboxylic acids is 1. The van der Waals surface area contributed by atoms with E-state index in [9.17, 15) is 9.59 Å². The van der Waals surface area contributed by atoms with E-state index in [4.69, 9.17) is 13.9 Å². The van der Waals surface area contributed by atoms with Gasteiger partial charge in [0.1, 0.15) is 23.6 Å². The van der Waals surface area contributed by atoms with Crippen LogP contribution in [0.4, 0.5) is 0 Å². The first kappa shape index (κ1) is 14.7. The van der Waals surface area contributed by atoms with Gasteiger partial charge in [0, 0.05) is 25.6 Å². The van der Waals surface area contributed by atoms with Gasteiger partial charge in [0.2, 0.25) is 0 Å². The topological polar surface area (TPSA) is 69.0 Å². The lowest BCUT2D eigenvalue weighted by Crippen LogP contribution is -2.34. The van der Waals surface area contributed by atoms with Crippen molar-refractivity contribution in [3.63, 3.8) is 0 Å². The first-order valence-electron chi connectivity index (χ1n) is 7.05. The molecule has 1 aliphatic rings. The molecule has 0 aliphatic carbocycles. The van der Waals surface area contributed by atoms with E-state index in [0.717, 1.165) is 17.5 Å². The van der Waals surface area contributed by atoms with Gasteiger partial charge in [-0.2, -0.15) is 0 Å². The van der Waals surface area contributed by atoms with Gasteiger partial charge in [-0.3, -0.25) is 9.69 Å². The lowest BCUT2D eigenvalue weighted by atomic mass is 10.1. The van der Waals surface area contributed by atoms with Crippen molar-refractivity contribution in [2.45, 2.75) is 13.5 Å².